The average molecular weight is 284 g/mol. The highest BCUT2D eigenvalue weighted by Gasteiger charge is 2.30. The second-order valence-corrected chi connectivity index (χ2v) is 5.73. The van der Waals surface area contributed by atoms with Crippen LogP contribution in [0.1, 0.15) is 65.2 Å². The first-order chi connectivity index (χ1) is 9.58. The van der Waals surface area contributed by atoms with Crippen LogP contribution in [0.25, 0.3) is 0 Å². The summed E-state index contributed by atoms with van der Waals surface area (Å²) in [4.78, 5) is 23.3. The first kappa shape index (κ1) is 16.8. The molecule has 0 aromatic heterocycles. The summed E-state index contributed by atoms with van der Waals surface area (Å²) in [6, 6.07) is -0.974. The fourth-order valence-electron chi connectivity index (χ4n) is 2.94. The quantitative estimate of drug-likeness (QED) is 0.672. The number of carbonyl (C=O) groups excluding carboxylic acids is 1. The molecular formula is C15H28N2O3. The number of urea groups is 1. The Labute approximate surface area is 121 Å². The highest BCUT2D eigenvalue weighted by atomic mass is 16.4. The van der Waals surface area contributed by atoms with Gasteiger partial charge in [0.2, 0.25) is 0 Å². The van der Waals surface area contributed by atoms with E-state index in [1.54, 1.807) is 0 Å². The van der Waals surface area contributed by atoms with Crippen molar-refractivity contribution in [3.05, 3.63) is 0 Å². The lowest BCUT2D eigenvalue weighted by Crippen LogP contribution is -2.52. The molecule has 1 aliphatic rings. The van der Waals surface area contributed by atoms with E-state index in [0.29, 0.717) is 0 Å². The first-order valence-corrected chi connectivity index (χ1v) is 7.88. The van der Waals surface area contributed by atoms with Crippen molar-refractivity contribution in [1.82, 2.24) is 10.6 Å². The maximum atomic E-state index is 12.0. The number of hydrogen-bond acceptors (Lipinski definition) is 2. The molecule has 5 nitrogen and oxygen atoms in total. The van der Waals surface area contributed by atoms with Gasteiger partial charge in [0.25, 0.3) is 0 Å². The van der Waals surface area contributed by atoms with E-state index in [-0.39, 0.29) is 18.0 Å². The predicted octanol–water partition coefficient (Wildman–Crippen LogP) is 2.90. The fourth-order valence-corrected chi connectivity index (χ4v) is 2.94. The van der Waals surface area contributed by atoms with Crippen molar-refractivity contribution >= 4 is 12.0 Å². The lowest BCUT2D eigenvalue weighted by Gasteiger charge is -2.28. The SMILES string of the molecule is CCCC(CC)NC(=O)NC(C(=O)O)C1CCCCC1. The van der Waals surface area contributed by atoms with Crippen molar-refractivity contribution < 1.29 is 14.7 Å². The van der Waals surface area contributed by atoms with E-state index >= 15 is 0 Å². The number of amides is 2. The van der Waals surface area contributed by atoms with Gasteiger partial charge >= 0.3 is 12.0 Å². The van der Waals surface area contributed by atoms with E-state index in [2.05, 4.69) is 17.6 Å². The number of aliphatic carboxylic acids is 1. The van der Waals surface area contributed by atoms with Crippen LogP contribution in [-0.2, 0) is 4.79 Å². The Bertz CT molecular complexity index is 314. The summed E-state index contributed by atoms with van der Waals surface area (Å²) in [7, 11) is 0. The molecule has 1 fully saturated rings. The van der Waals surface area contributed by atoms with Crippen LogP contribution in [0.15, 0.2) is 0 Å². The maximum absolute atomic E-state index is 12.0. The Hall–Kier alpha value is -1.26. The van der Waals surface area contributed by atoms with Gasteiger partial charge in [-0.25, -0.2) is 9.59 Å². The standard InChI is InChI=1S/C15H28N2O3/c1-3-8-12(4-2)16-15(20)17-13(14(18)19)11-9-6-5-7-10-11/h11-13H,3-10H2,1-2H3,(H,18,19)(H2,16,17,20). The van der Waals surface area contributed by atoms with Crippen LogP contribution in [0.3, 0.4) is 0 Å². The summed E-state index contributed by atoms with van der Waals surface area (Å²) < 4.78 is 0. The normalized spacial score (nSPS) is 19.1. The van der Waals surface area contributed by atoms with Crippen molar-refractivity contribution in [1.29, 1.82) is 0 Å². The molecule has 0 aliphatic heterocycles. The number of carboxylic acids is 1. The summed E-state index contributed by atoms with van der Waals surface area (Å²) in [6.45, 7) is 4.10. The van der Waals surface area contributed by atoms with Gasteiger partial charge in [0.15, 0.2) is 0 Å². The van der Waals surface area contributed by atoms with Crippen LogP contribution in [0, 0.1) is 5.92 Å². The molecule has 2 atom stereocenters. The molecule has 116 valence electrons. The molecule has 0 aromatic carbocycles. The number of rotatable bonds is 7. The predicted molar refractivity (Wildman–Crippen MR) is 78.7 cm³/mol. The van der Waals surface area contributed by atoms with Gasteiger partial charge in [-0.05, 0) is 31.6 Å². The van der Waals surface area contributed by atoms with Crippen molar-refractivity contribution in [2.24, 2.45) is 5.92 Å². The summed E-state index contributed by atoms with van der Waals surface area (Å²) in [6.07, 6.45) is 7.86. The van der Waals surface area contributed by atoms with Gasteiger partial charge in [-0.3, -0.25) is 0 Å². The third kappa shape index (κ3) is 5.39. The van der Waals surface area contributed by atoms with Crippen molar-refractivity contribution in [2.75, 3.05) is 0 Å². The Kier molecular flexibility index (Phi) is 7.41. The lowest BCUT2D eigenvalue weighted by atomic mass is 9.84. The van der Waals surface area contributed by atoms with Crippen LogP contribution >= 0.6 is 0 Å². The molecule has 3 N–H and O–H groups in total. The van der Waals surface area contributed by atoms with Crippen LogP contribution in [-0.4, -0.2) is 29.2 Å². The highest BCUT2D eigenvalue weighted by Crippen LogP contribution is 2.26. The second kappa shape index (κ2) is 8.82. The minimum absolute atomic E-state index is 0.0678. The van der Waals surface area contributed by atoms with E-state index in [4.69, 9.17) is 0 Å². The smallest absolute Gasteiger partial charge is 0.326 e. The molecule has 0 bridgehead atoms. The molecule has 0 radical (unpaired) electrons. The number of hydrogen-bond donors (Lipinski definition) is 3. The number of carbonyl (C=O) groups is 2. The topological polar surface area (TPSA) is 78.4 Å². The molecule has 5 heteroatoms. The molecule has 0 saturated heterocycles. The van der Waals surface area contributed by atoms with Gasteiger partial charge in [-0.15, -0.1) is 0 Å². The van der Waals surface area contributed by atoms with E-state index < -0.39 is 12.0 Å². The van der Waals surface area contributed by atoms with Gasteiger partial charge in [-0.2, -0.15) is 0 Å². The molecule has 20 heavy (non-hydrogen) atoms. The third-order valence-electron chi connectivity index (χ3n) is 4.14. The van der Waals surface area contributed by atoms with Gasteiger partial charge < -0.3 is 15.7 Å². The van der Waals surface area contributed by atoms with Gasteiger partial charge in [0.1, 0.15) is 6.04 Å². The zero-order chi connectivity index (χ0) is 15.0. The van der Waals surface area contributed by atoms with Crippen LogP contribution in [0.2, 0.25) is 0 Å². The fraction of sp³-hybridized carbons (Fsp3) is 0.867. The van der Waals surface area contributed by atoms with E-state index in [9.17, 15) is 14.7 Å². The second-order valence-electron chi connectivity index (χ2n) is 5.73. The zero-order valence-electron chi connectivity index (χ0n) is 12.7. The number of carboxylic acid groups (broad SMARTS) is 1. The van der Waals surface area contributed by atoms with Crippen molar-refractivity contribution in [2.45, 2.75) is 77.3 Å². The lowest BCUT2D eigenvalue weighted by molar-refractivity contribution is -0.141. The van der Waals surface area contributed by atoms with Crippen molar-refractivity contribution in [3.8, 4) is 0 Å². The monoisotopic (exact) mass is 284 g/mol. The molecule has 2 unspecified atom stereocenters. The molecule has 1 saturated carbocycles. The van der Waals surface area contributed by atoms with Crippen LogP contribution in [0.5, 0.6) is 0 Å². The Morgan fingerprint density at radius 1 is 1.15 bits per heavy atom. The van der Waals surface area contributed by atoms with Gasteiger partial charge in [0, 0.05) is 6.04 Å². The average Bonchev–Trinajstić information content (AvgIpc) is 2.45. The highest BCUT2D eigenvalue weighted by molar-refractivity contribution is 5.82. The summed E-state index contributed by atoms with van der Waals surface area (Å²) in [5.74, 6) is -0.853. The summed E-state index contributed by atoms with van der Waals surface area (Å²) in [5.41, 5.74) is 0. The maximum Gasteiger partial charge on any atom is 0.326 e. The third-order valence-corrected chi connectivity index (χ3v) is 4.14. The molecule has 0 spiro atoms. The van der Waals surface area contributed by atoms with E-state index in [1.807, 2.05) is 6.92 Å². The molecule has 1 rings (SSSR count). The molecule has 0 heterocycles. The first-order valence-electron chi connectivity index (χ1n) is 7.88. The zero-order valence-corrected chi connectivity index (χ0v) is 12.7. The number of nitrogens with one attached hydrogen (secondary N) is 2. The molecule has 1 aliphatic carbocycles. The Morgan fingerprint density at radius 2 is 1.80 bits per heavy atom. The van der Waals surface area contributed by atoms with Crippen molar-refractivity contribution in [3.63, 3.8) is 0 Å². The molecule has 0 aromatic rings. The summed E-state index contributed by atoms with van der Waals surface area (Å²) in [5, 5.41) is 14.9. The van der Waals surface area contributed by atoms with Crippen LogP contribution in [0.4, 0.5) is 4.79 Å². The molecular weight excluding hydrogens is 256 g/mol. The van der Waals surface area contributed by atoms with E-state index in [0.717, 1.165) is 44.9 Å². The van der Waals surface area contributed by atoms with E-state index in [1.165, 1.54) is 6.42 Å². The van der Waals surface area contributed by atoms with Gasteiger partial charge in [-0.1, -0.05) is 39.5 Å². The van der Waals surface area contributed by atoms with Gasteiger partial charge in [0.05, 0.1) is 0 Å². The Morgan fingerprint density at radius 3 is 2.30 bits per heavy atom. The Balaban J connectivity index is 2.51. The largest absolute Gasteiger partial charge is 0.480 e. The minimum Gasteiger partial charge on any atom is -0.480 e. The summed E-state index contributed by atoms with van der Waals surface area (Å²) >= 11 is 0. The van der Waals surface area contributed by atoms with Crippen LogP contribution < -0.4 is 10.6 Å². The minimum atomic E-state index is -0.921. The molecule has 2 amide bonds.